The first kappa shape index (κ1) is 15.1. The number of hydrogen-bond acceptors (Lipinski definition) is 1. The first-order valence-corrected chi connectivity index (χ1v) is 8.80. The Kier molecular flexibility index (Phi) is 4.16. The highest BCUT2D eigenvalue weighted by molar-refractivity contribution is 7.12. The maximum Gasteiger partial charge on any atom is 0.0139 e. The SMILES string of the molecule is CCC(C)(C)c1sc(C(C)(C)CC)c2c1CCCC2. The Labute approximate surface area is 123 Å². The van der Waals surface area contributed by atoms with Gasteiger partial charge in [-0.05, 0) is 60.5 Å². The van der Waals surface area contributed by atoms with Crippen molar-refractivity contribution in [3.63, 3.8) is 0 Å². The van der Waals surface area contributed by atoms with Crippen molar-refractivity contribution in [1.82, 2.24) is 0 Å². The molecule has 0 nitrogen and oxygen atoms in total. The number of rotatable bonds is 4. The quantitative estimate of drug-likeness (QED) is 0.633. The zero-order valence-electron chi connectivity index (χ0n) is 13.7. The summed E-state index contributed by atoms with van der Waals surface area (Å²) in [5, 5.41) is 0. The van der Waals surface area contributed by atoms with Crippen LogP contribution in [-0.2, 0) is 23.7 Å². The molecule has 19 heavy (non-hydrogen) atoms. The van der Waals surface area contributed by atoms with Crippen LogP contribution in [0.2, 0.25) is 0 Å². The summed E-state index contributed by atoms with van der Waals surface area (Å²) in [6, 6.07) is 0. The molecule has 108 valence electrons. The second-order valence-corrected chi connectivity index (χ2v) is 8.42. The summed E-state index contributed by atoms with van der Waals surface area (Å²) < 4.78 is 0. The molecule has 0 aliphatic heterocycles. The molecule has 0 spiro atoms. The monoisotopic (exact) mass is 278 g/mol. The molecule has 0 unspecified atom stereocenters. The van der Waals surface area contributed by atoms with E-state index in [4.69, 9.17) is 0 Å². The van der Waals surface area contributed by atoms with Gasteiger partial charge in [0.2, 0.25) is 0 Å². The van der Waals surface area contributed by atoms with Crippen molar-refractivity contribution in [3.8, 4) is 0 Å². The Hall–Kier alpha value is -0.300. The molecule has 1 heteroatoms. The third-order valence-corrected chi connectivity index (χ3v) is 7.22. The van der Waals surface area contributed by atoms with Crippen molar-refractivity contribution in [2.75, 3.05) is 0 Å². The van der Waals surface area contributed by atoms with Crippen LogP contribution in [0.1, 0.15) is 88.1 Å². The van der Waals surface area contributed by atoms with Crippen LogP contribution in [0.4, 0.5) is 0 Å². The Bertz CT molecular complexity index is 408. The average molecular weight is 279 g/mol. The van der Waals surface area contributed by atoms with E-state index < -0.39 is 0 Å². The molecule has 1 aromatic rings. The molecule has 1 aliphatic carbocycles. The molecule has 0 bridgehead atoms. The van der Waals surface area contributed by atoms with Crippen molar-refractivity contribution in [1.29, 1.82) is 0 Å². The second kappa shape index (κ2) is 5.24. The van der Waals surface area contributed by atoms with Crippen LogP contribution in [0.3, 0.4) is 0 Å². The molecule has 0 radical (unpaired) electrons. The number of thiophene rings is 1. The summed E-state index contributed by atoms with van der Waals surface area (Å²) in [4.78, 5) is 3.39. The van der Waals surface area contributed by atoms with Crippen LogP contribution in [0, 0.1) is 0 Å². The van der Waals surface area contributed by atoms with Crippen molar-refractivity contribution in [3.05, 3.63) is 20.9 Å². The maximum atomic E-state index is 2.43. The van der Waals surface area contributed by atoms with Gasteiger partial charge in [-0.15, -0.1) is 11.3 Å². The molecule has 2 rings (SSSR count). The summed E-state index contributed by atoms with van der Waals surface area (Å²) in [6.45, 7) is 14.4. The second-order valence-electron chi connectivity index (χ2n) is 7.40. The predicted octanol–water partition coefficient (Wildman–Crippen LogP) is 6.00. The van der Waals surface area contributed by atoms with Gasteiger partial charge in [0.15, 0.2) is 0 Å². The lowest BCUT2D eigenvalue weighted by Crippen LogP contribution is -2.18. The van der Waals surface area contributed by atoms with E-state index in [1.54, 1.807) is 20.9 Å². The van der Waals surface area contributed by atoms with Crippen molar-refractivity contribution in [2.24, 2.45) is 0 Å². The number of fused-ring (bicyclic) bond motifs is 1. The van der Waals surface area contributed by atoms with Gasteiger partial charge >= 0.3 is 0 Å². The molecule has 0 fully saturated rings. The first-order valence-electron chi connectivity index (χ1n) is 7.99. The van der Waals surface area contributed by atoms with E-state index in [1.165, 1.54) is 38.5 Å². The lowest BCUT2D eigenvalue weighted by atomic mass is 9.78. The fourth-order valence-corrected chi connectivity index (χ4v) is 4.79. The summed E-state index contributed by atoms with van der Waals surface area (Å²) in [5.74, 6) is 0. The molecule has 0 saturated carbocycles. The minimum absolute atomic E-state index is 0.355. The predicted molar refractivity (Wildman–Crippen MR) is 87.6 cm³/mol. The summed E-state index contributed by atoms with van der Waals surface area (Å²) >= 11 is 2.14. The van der Waals surface area contributed by atoms with Crippen LogP contribution in [0.5, 0.6) is 0 Å². The molecule has 0 atom stereocenters. The Morgan fingerprint density at radius 2 is 1.16 bits per heavy atom. The molecular formula is C18H30S. The molecule has 0 aromatic carbocycles. The van der Waals surface area contributed by atoms with Crippen molar-refractivity contribution in [2.45, 2.75) is 90.9 Å². The van der Waals surface area contributed by atoms with Gasteiger partial charge in [-0.1, -0.05) is 41.5 Å². The van der Waals surface area contributed by atoms with Gasteiger partial charge in [0.05, 0.1) is 0 Å². The molecular weight excluding hydrogens is 248 g/mol. The molecule has 1 aliphatic rings. The standard InChI is InChI=1S/C18H30S/c1-7-17(3,4)15-13-11-9-10-12-14(13)16(19-15)18(5,6)8-2/h7-12H2,1-6H3. The van der Waals surface area contributed by atoms with Gasteiger partial charge in [0.1, 0.15) is 0 Å². The van der Waals surface area contributed by atoms with E-state index in [-0.39, 0.29) is 0 Å². The smallest absolute Gasteiger partial charge is 0.0139 e. The van der Waals surface area contributed by atoms with Crippen LogP contribution >= 0.6 is 11.3 Å². The largest absolute Gasteiger partial charge is 0.144 e. The molecule has 0 N–H and O–H groups in total. The minimum atomic E-state index is 0.355. The van der Waals surface area contributed by atoms with E-state index in [2.05, 4.69) is 52.9 Å². The molecule has 1 heterocycles. The topological polar surface area (TPSA) is 0 Å². The lowest BCUT2D eigenvalue weighted by Gasteiger charge is -2.25. The van der Waals surface area contributed by atoms with Crippen molar-refractivity contribution < 1.29 is 0 Å². The highest BCUT2D eigenvalue weighted by Crippen LogP contribution is 2.47. The fourth-order valence-electron chi connectivity index (χ4n) is 3.05. The van der Waals surface area contributed by atoms with Gasteiger partial charge in [-0.2, -0.15) is 0 Å². The van der Waals surface area contributed by atoms with Gasteiger partial charge in [0, 0.05) is 9.75 Å². The zero-order valence-corrected chi connectivity index (χ0v) is 14.5. The lowest BCUT2D eigenvalue weighted by molar-refractivity contribution is 0.503. The highest BCUT2D eigenvalue weighted by atomic mass is 32.1. The Morgan fingerprint density at radius 3 is 1.47 bits per heavy atom. The van der Waals surface area contributed by atoms with E-state index in [0.29, 0.717) is 10.8 Å². The van der Waals surface area contributed by atoms with Gasteiger partial charge in [-0.3, -0.25) is 0 Å². The fraction of sp³-hybridized carbons (Fsp3) is 0.778. The zero-order chi connectivity index (χ0) is 14.3. The average Bonchev–Trinajstić information content (AvgIpc) is 2.79. The molecule has 0 saturated heterocycles. The summed E-state index contributed by atoms with van der Waals surface area (Å²) in [5.41, 5.74) is 4.18. The third-order valence-electron chi connectivity index (χ3n) is 5.22. The van der Waals surface area contributed by atoms with Crippen molar-refractivity contribution >= 4 is 11.3 Å². The van der Waals surface area contributed by atoms with E-state index in [1.807, 2.05) is 0 Å². The van der Waals surface area contributed by atoms with Crippen LogP contribution in [-0.4, -0.2) is 0 Å². The Balaban J connectivity index is 2.59. The van der Waals surface area contributed by atoms with Crippen LogP contribution in [0.15, 0.2) is 0 Å². The van der Waals surface area contributed by atoms with E-state index in [0.717, 1.165) is 0 Å². The van der Waals surface area contributed by atoms with Gasteiger partial charge in [0.25, 0.3) is 0 Å². The summed E-state index contributed by atoms with van der Waals surface area (Å²) in [6.07, 6.45) is 7.91. The maximum absolute atomic E-state index is 2.43. The first-order chi connectivity index (χ1) is 8.83. The number of hydrogen-bond donors (Lipinski definition) is 0. The van der Waals surface area contributed by atoms with Gasteiger partial charge < -0.3 is 0 Å². The minimum Gasteiger partial charge on any atom is -0.144 e. The summed E-state index contributed by atoms with van der Waals surface area (Å²) in [7, 11) is 0. The van der Waals surface area contributed by atoms with Gasteiger partial charge in [-0.25, -0.2) is 0 Å². The third kappa shape index (κ3) is 2.63. The Morgan fingerprint density at radius 1 is 0.789 bits per heavy atom. The van der Waals surface area contributed by atoms with E-state index >= 15 is 0 Å². The molecule has 0 amide bonds. The van der Waals surface area contributed by atoms with Crippen LogP contribution < -0.4 is 0 Å². The van der Waals surface area contributed by atoms with Crippen LogP contribution in [0.25, 0.3) is 0 Å². The highest BCUT2D eigenvalue weighted by Gasteiger charge is 2.33. The molecule has 1 aromatic heterocycles. The van der Waals surface area contributed by atoms with E-state index in [9.17, 15) is 0 Å². The normalized spacial score (nSPS) is 16.5.